The monoisotopic (exact) mass is 279 g/mol. The van der Waals surface area contributed by atoms with Gasteiger partial charge in [0.25, 0.3) is 0 Å². The lowest BCUT2D eigenvalue weighted by Gasteiger charge is -2.25. The lowest BCUT2D eigenvalue weighted by molar-refractivity contribution is 0.241. The third kappa shape index (κ3) is 4.25. The van der Waals surface area contributed by atoms with Crippen LogP contribution in [0.3, 0.4) is 0 Å². The highest BCUT2D eigenvalue weighted by Gasteiger charge is 2.19. The molecule has 0 bridgehead atoms. The standard InChI is InChI=1S/C16H26FN3/c1-3-15(16-9-8-13(17)12-19-16)18-10-11-20(2)14-6-4-5-7-14/h8-9,12,14-15,18H,3-7,10-11H2,1-2H3. The van der Waals surface area contributed by atoms with Crippen molar-refractivity contribution in [3.05, 3.63) is 29.8 Å². The predicted molar refractivity (Wildman–Crippen MR) is 80.1 cm³/mol. The molecule has 1 aliphatic rings. The maximum atomic E-state index is 12.9. The van der Waals surface area contributed by atoms with E-state index in [-0.39, 0.29) is 11.9 Å². The van der Waals surface area contributed by atoms with Crippen molar-refractivity contribution in [2.75, 3.05) is 20.1 Å². The van der Waals surface area contributed by atoms with E-state index in [9.17, 15) is 4.39 Å². The van der Waals surface area contributed by atoms with E-state index >= 15 is 0 Å². The van der Waals surface area contributed by atoms with Crippen molar-refractivity contribution >= 4 is 0 Å². The van der Waals surface area contributed by atoms with Crippen molar-refractivity contribution in [2.45, 2.75) is 51.1 Å². The van der Waals surface area contributed by atoms with Gasteiger partial charge in [-0.3, -0.25) is 4.98 Å². The molecule has 0 radical (unpaired) electrons. The minimum atomic E-state index is -0.274. The summed E-state index contributed by atoms with van der Waals surface area (Å²) in [5, 5.41) is 3.53. The van der Waals surface area contributed by atoms with Gasteiger partial charge in [0.05, 0.1) is 11.9 Å². The first-order chi connectivity index (χ1) is 9.70. The Morgan fingerprint density at radius 3 is 2.75 bits per heavy atom. The zero-order valence-electron chi connectivity index (χ0n) is 12.6. The van der Waals surface area contributed by atoms with Gasteiger partial charge in [-0.25, -0.2) is 4.39 Å². The van der Waals surface area contributed by atoms with Crippen LogP contribution in [-0.2, 0) is 0 Å². The Morgan fingerprint density at radius 1 is 1.40 bits per heavy atom. The first-order valence-corrected chi connectivity index (χ1v) is 7.75. The SMILES string of the molecule is CCC(NCCN(C)C1CCCC1)c1ccc(F)cn1. The summed E-state index contributed by atoms with van der Waals surface area (Å²) in [6.07, 6.45) is 7.69. The van der Waals surface area contributed by atoms with Crippen LogP contribution < -0.4 is 5.32 Å². The van der Waals surface area contributed by atoms with Gasteiger partial charge in [-0.2, -0.15) is 0 Å². The fourth-order valence-corrected chi connectivity index (χ4v) is 2.99. The van der Waals surface area contributed by atoms with Gasteiger partial charge < -0.3 is 10.2 Å². The molecule has 0 saturated heterocycles. The minimum absolute atomic E-state index is 0.215. The van der Waals surface area contributed by atoms with Gasteiger partial charge in [0.2, 0.25) is 0 Å². The number of nitrogens with one attached hydrogen (secondary N) is 1. The average molecular weight is 279 g/mol. The van der Waals surface area contributed by atoms with E-state index < -0.39 is 0 Å². The molecule has 0 aromatic carbocycles. The summed E-state index contributed by atoms with van der Waals surface area (Å²) in [5.74, 6) is -0.274. The highest BCUT2D eigenvalue weighted by atomic mass is 19.1. The Kier molecular flexibility index (Phi) is 5.92. The molecule has 1 aliphatic carbocycles. The van der Waals surface area contributed by atoms with Gasteiger partial charge in [-0.15, -0.1) is 0 Å². The molecule has 1 unspecified atom stereocenters. The van der Waals surface area contributed by atoms with Gasteiger partial charge in [-0.05, 0) is 38.4 Å². The molecule has 3 nitrogen and oxygen atoms in total. The van der Waals surface area contributed by atoms with Crippen LogP contribution in [0.15, 0.2) is 18.3 Å². The van der Waals surface area contributed by atoms with Gasteiger partial charge in [-0.1, -0.05) is 19.8 Å². The second kappa shape index (κ2) is 7.70. The Labute approximate surface area is 121 Å². The molecule has 1 aromatic heterocycles. The van der Waals surface area contributed by atoms with E-state index in [1.54, 1.807) is 6.07 Å². The van der Waals surface area contributed by atoms with Crippen LogP contribution in [0.1, 0.15) is 50.8 Å². The summed E-state index contributed by atoms with van der Waals surface area (Å²) in [6, 6.07) is 4.24. The maximum Gasteiger partial charge on any atom is 0.141 e. The summed E-state index contributed by atoms with van der Waals surface area (Å²) in [5.41, 5.74) is 0.928. The maximum absolute atomic E-state index is 12.9. The molecule has 112 valence electrons. The summed E-state index contributed by atoms with van der Waals surface area (Å²) in [4.78, 5) is 6.64. The van der Waals surface area contributed by atoms with E-state index in [2.05, 4.69) is 29.2 Å². The molecule has 1 aromatic rings. The molecule has 1 saturated carbocycles. The second-order valence-electron chi connectivity index (χ2n) is 5.74. The summed E-state index contributed by atoms with van der Waals surface area (Å²) < 4.78 is 12.9. The van der Waals surface area contributed by atoms with Crippen LogP contribution in [0.25, 0.3) is 0 Å². The molecule has 0 spiro atoms. The molecule has 0 aliphatic heterocycles. The van der Waals surface area contributed by atoms with Crippen LogP contribution in [0.4, 0.5) is 4.39 Å². The van der Waals surface area contributed by atoms with Gasteiger partial charge in [0.15, 0.2) is 0 Å². The molecule has 20 heavy (non-hydrogen) atoms. The Hall–Kier alpha value is -1.00. The Bertz CT molecular complexity index is 387. The third-order valence-corrected chi connectivity index (χ3v) is 4.32. The van der Waals surface area contributed by atoms with Crippen molar-refractivity contribution in [1.82, 2.24) is 15.2 Å². The molecular weight excluding hydrogens is 253 g/mol. The zero-order chi connectivity index (χ0) is 14.4. The highest BCUT2D eigenvalue weighted by molar-refractivity contribution is 5.09. The van der Waals surface area contributed by atoms with Gasteiger partial charge in [0, 0.05) is 25.2 Å². The number of likely N-dealkylation sites (N-methyl/N-ethyl adjacent to an activating group) is 1. The number of pyridine rings is 1. The topological polar surface area (TPSA) is 28.2 Å². The molecule has 2 rings (SSSR count). The molecule has 1 fully saturated rings. The van der Waals surface area contributed by atoms with E-state index in [4.69, 9.17) is 0 Å². The summed E-state index contributed by atoms with van der Waals surface area (Å²) >= 11 is 0. The lowest BCUT2D eigenvalue weighted by Crippen LogP contribution is -2.36. The van der Waals surface area contributed by atoms with Crippen LogP contribution in [0.2, 0.25) is 0 Å². The average Bonchev–Trinajstić information content (AvgIpc) is 2.99. The van der Waals surface area contributed by atoms with Gasteiger partial charge >= 0.3 is 0 Å². The molecule has 1 N–H and O–H groups in total. The summed E-state index contributed by atoms with van der Waals surface area (Å²) in [7, 11) is 2.22. The predicted octanol–water partition coefficient (Wildman–Crippen LogP) is 3.14. The van der Waals surface area contributed by atoms with Crippen molar-refractivity contribution in [2.24, 2.45) is 0 Å². The second-order valence-corrected chi connectivity index (χ2v) is 5.74. The smallest absolute Gasteiger partial charge is 0.141 e. The number of halogens is 1. The largest absolute Gasteiger partial charge is 0.307 e. The van der Waals surface area contributed by atoms with Crippen LogP contribution in [-0.4, -0.2) is 36.1 Å². The number of hydrogen-bond donors (Lipinski definition) is 1. The van der Waals surface area contributed by atoms with E-state index in [1.165, 1.54) is 37.9 Å². The number of rotatable bonds is 7. The quantitative estimate of drug-likeness (QED) is 0.831. The normalized spacial score (nSPS) is 17.8. The van der Waals surface area contributed by atoms with Crippen LogP contribution in [0.5, 0.6) is 0 Å². The summed E-state index contributed by atoms with van der Waals surface area (Å²) in [6.45, 7) is 4.14. The molecular formula is C16H26FN3. The fourth-order valence-electron chi connectivity index (χ4n) is 2.99. The van der Waals surface area contributed by atoms with Crippen LogP contribution in [0, 0.1) is 5.82 Å². The first kappa shape index (κ1) is 15.4. The zero-order valence-corrected chi connectivity index (χ0v) is 12.6. The lowest BCUT2D eigenvalue weighted by atomic mass is 10.1. The number of aromatic nitrogens is 1. The third-order valence-electron chi connectivity index (χ3n) is 4.32. The highest BCUT2D eigenvalue weighted by Crippen LogP contribution is 2.22. The van der Waals surface area contributed by atoms with Crippen molar-refractivity contribution in [1.29, 1.82) is 0 Å². The molecule has 1 heterocycles. The van der Waals surface area contributed by atoms with Crippen molar-refractivity contribution in [3.63, 3.8) is 0 Å². The van der Waals surface area contributed by atoms with Crippen molar-refractivity contribution in [3.8, 4) is 0 Å². The first-order valence-electron chi connectivity index (χ1n) is 7.75. The van der Waals surface area contributed by atoms with E-state index in [0.717, 1.165) is 31.2 Å². The molecule has 1 atom stereocenters. The fraction of sp³-hybridized carbons (Fsp3) is 0.688. The van der Waals surface area contributed by atoms with Crippen LogP contribution >= 0.6 is 0 Å². The van der Waals surface area contributed by atoms with Gasteiger partial charge in [0.1, 0.15) is 5.82 Å². The Balaban J connectivity index is 1.77. The number of nitrogens with zero attached hydrogens (tertiary/aromatic N) is 2. The minimum Gasteiger partial charge on any atom is -0.307 e. The number of hydrogen-bond acceptors (Lipinski definition) is 3. The molecule has 4 heteroatoms. The molecule has 0 amide bonds. The van der Waals surface area contributed by atoms with E-state index in [0.29, 0.717) is 0 Å². The Morgan fingerprint density at radius 2 is 2.15 bits per heavy atom. The van der Waals surface area contributed by atoms with E-state index in [1.807, 2.05) is 0 Å². The van der Waals surface area contributed by atoms with Crippen molar-refractivity contribution < 1.29 is 4.39 Å².